The third-order valence-electron chi connectivity index (χ3n) is 3.04. The van der Waals surface area contributed by atoms with Crippen LogP contribution in [0.25, 0.3) is 0 Å². The molecule has 1 rings (SSSR count). The van der Waals surface area contributed by atoms with Crippen molar-refractivity contribution >= 4 is 15.9 Å². The molecular formula is C14H21FN2O3S. The van der Waals surface area contributed by atoms with E-state index in [-0.39, 0.29) is 18.4 Å². The minimum absolute atomic E-state index is 0.0181. The summed E-state index contributed by atoms with van der Waals surface area (Å²) in [4.78, 5) is 11.9. The van der Waals surface area contributed by atoms with Gasteiger partial charge in [0.05, 0.1) is 12.3 Å². The Morgan fingerprint density at radius 3 is 2.33 bits per heavy atom. The number of sulfonamides is 1. The van der Waals surface area contributed by atoms with Gasteiger partial charge in [0.15, 0.2) is 0 Å². The third-order valence-corrected chi connectivity index (χ3v) is 3.75. The van der Waals surface area contributed by atoms with Crippen LogP contribution in [0, 0.1) is 5.82 Å². The molecule has 0 aromatic heterocycles. The number of carbonyl (C=O) groups excluding carboxylic acids is 1. The van der Waals surface area contributed by atoms with Crippen LogP contribution in [0.3, 0.4) is 0 Å². The molecule has 0 heterocycles. The van der Waals surface area contributed by atoms with Gasteiger partial charge >= 0.3 is 0 Å². The Morgan fingerprint density at radius 1 is 1.29 bits per heavy atom. The first-order valence-corrected chi connectivity index (χ1v) is 8.62. The molecule has 1 aromatic carbocycles. The molecule has 118 valence electrons. The zero-order valence-corrected chi connectivity index (χ0v) is 13.2. The topological polar surface area (TPSA) is 75.3 Å². The lowest BCUT2D eigenvalue weighted by Crippen LogP contribution is -2.36. The largest absolute Gasteiger partial charge is 0.354 e. The highest BCUT2D eigenvalue weighted by molar-refractivity contribution is 7.88. The molecule has 5 nitrogen and oxygen atoms in total. The molecule has 2 N–H and O–H groups in total. The maximum Gasteiger partial charge on any atom is 0.222 e. The molecule has 0 aliphatic heterocycles. The summed E-state index contributed by atoms with van der Waals surface area (Å²) < 4.78 is 38.2. The Kier molecular flexibility index (Phi) is 6.29. The van der Waals surface area contributed by atoms with Crippen LogP contribution in [0.1, 0.15) is 38.3 Å². The molecule has 1 aromatic rings. The third kappa shape index (κ3) is 6.68. The van der Waals surface area contributed by atoms with Crippen molar-refractivity contribution in [2.45, 2.75) is 38.8 Å². The van der Waals surface area contributed by atoms with Crippen molar-refractivity contribution in [1.29, 1.82) is 0 Å². The van der Waals surface area contributed by atoms with E-state index in [1.807, 2.05) is 13.8 Å². The zero-order valence-electron chi connectivity index (χ0n) is 12.4. The summed E-state index contributed by atoms with van der Waals surface area (Å²) in [6.45, 7) is 3.81. The lowest BCUT2D eigenvalue weighted by Gasteiger charge is -2.19. The van der Waals surface area contributed by atoms with Gasteiger partial charge in [0, 0.05) is 12.5 Å². The number of benzene rings is 1. The van der Waals surface area contributed by atoms with Gasteiger partial charge in [-0.05, 0) is 31.0 Å². The van der Waals surface area contributed by atoms with E-state index in [2.05, 4.69) is 10.0 Å². The van der Waals surface area contributed by atoms with Crippen LogP contribution in [-0.2, 0) is 14.8 Å². The highest BCUT2D eigenvalue weighted by Crippen LogP contribution is 2.18. The minimum atomic E-state index is -3.49. The maximum atomic E-state index is 13.0. The predicted octanol–water partition coefficient (Wildman–Crippen LogP) is 1.72. The first kappa shape index (κ1) is 17.6. The Labute approximate surface area is 125 Å². The number of hydrogen-bond donors (Lipinski definition) is 2. The second-order valence-corrected chi connectivity index (χ2v) is 6.86. The number of nitrogens with one attached hydrogen (secondary N) is 2. The first-order chi connectivity index (χ1) is 9.71. The maximum absolute atomic E-state index is 13.0. The van der Waals surface area contributed by atoms with E-state index in [1.54, 1.807) is 0 Å². The van der Waals surface area contributed by atoms with Crippen molar-refractivity contribution in [1.82, 2.24) is 10.0 Å². The summed E-state index contributed by atoms with van der Waals surface area (Å²) in [5.74, 6) is -0.671. The van der Waals surface area contributed by atoms with Crippen molar-refractivity contribution < 1.29 is 17.6 Å². The molecule has 0 saturated heterocycles. The lowest BCUT2D eigenvalue weighted by atomic mass is 10.0. The number of halogens is 1. The van der Waals surface area contributed by atoms with Gasteiger partial charge in [-0.2, -0.15) is 0 Å². The van der Waals surface area contributed by atoms with Gasteiger partial charge in [-0.25, -0.2) is 17.5 Å². The molecule has 0 radical (unpaired) electrons. The van der Waals surface area contributed by atoms with Crippen molar-refractivity contribution in [2.75, 3.05) is 6.26 Å². The average molecular weight is 316 g/mol. The quantitative estimate of drug-likeness (QED) is 0.804. The fraction of sp³-hybridized carbons (Fsp3) is 0.500. The molecule has 0 spiro atoms. The average Bonchev–Trinajstić information content (AvgIpc) is 2.37. The van der Waals surface area contributed by atoms with Crippen molar-refractivity contribution in [2.24, 2.45) is 0 Å². The minimum Gasteiger partial charge on any atom is -0.354 e. The Morgan fingerprint density at radius 2 is 1.86 bits per heavy atom. The van der Waals surface area contributed by atoms with Gasteiger partial charge in [-0.3, -0.25) is 4.79 Å². The molecule has 0 fully saturated rings. The second-order valence-electron chi connectivity index (χ2n) is 5.08. The summed E-state index contributed by atoms with van der Waals surface area (Å²) >= 11 is 0. The van der Waals surface area contributed by atoms with E-state index in [9.17, 15) is 17.6 Å². The second kappa shape index (κ2) is 7.51. The Bertz CT molecular complexity index is 572. The van der Waals surface area contributed by atoms with E-state index in [0.29, 0.717) is 5.56 Å². The van der Waals surface area contributed by atoms with Gasteiger partial charge in [0.25, 0.3) is 0 Å². The first-order valence-electron chi connectivity index (χ1n) is 6.73. The van der Waals surface area contributed by atoms with E-state index in [1.165, 1.54) is 24.3 Å². The summed E-state index contributed by atoms with van der Waals surface area (Å²) in [6, 6.07) is 4.70. The highest BCUT2D eigenvalue weighted by atomic mass is 32.2. The Hall–Kier alpha value is -1.47. The normalized spacial score (nSPS) is 14.5. The summed E-state index contributed by atoms with van der Waals surface area (Å²) in [7, 11) is -3.49. The predicted molar refractivity (Wildman–Crippen MR) is 79.6 cm³/mol. The summed E-state index contributed by atoms with van der Waals surface area (Å²) in [6.07, 6.45) is 1.77. The van der Waals surface area contributed by atoms with E-state index in [4.69, 9.17) is 0 Å². The van der Waals surface area contributed by atoms with Crippen LogP contribution in [-0.4, -0.2) is 26.6 Å². The molecule has 0 aliphatic rings. The van der Waals surface area contributed by atoms with Gasteiger partial charge in [0.2, 0.25) is 15.9 Å². The molecule has 0 saturated carbocycles. The Balaban J connectivity index is 2.87. The number of carbonyl (C=O) groups is 1. The molecule has 2 atom stereocenters. The molecule has 0 unspecified atom stereocenters. The molecule has 21 heavy (non-hydrogen) atoms. The highest BCUT2D eigenvalue weighted by Gasteiger charge is 2.20. The number of amides is 1. The monoisotopic (exact) mass is 316 g/mol. The summed E-state index contributed by atoms with van der Waals surface area (Å²) in [5.41, 5.74) is 0.543. The fourth-order valence-electron chi connectivity index (χ4n) is 1.80. The van der Waals surface area contributed by atoms with Crippen LogP contribution in [0.5, 0.6) is 0 Å². The van der Waals surface area contributed by atoms with Crippen molar-refractivity contribution in [3.05, 3.63) is 35.6 Å². The number of rotatable bonds is 7. The van der Waals surface area contributed by atoms with Crippen molar-refractivity contribution in [3.8, 4) is 0 Å². The smallest absolute Gasteiger partial charge is 0.222 e. The van der Waals surface area contributed by atoms with Gasteiger partial charge in [-0.1, -0.05) is 19.1 Å². The van der Waals surface area contributed by atoms with Gasteiger partial charge in [-0.15, -0.1) is 0 Å². The van der Waals surface area contributed by atoms with Crippen molar-refractivity contribution in [3.63, 3.8) is 0 Å². The fourth-order valence-corrected chi connectivity index (χ4v) is 2.54. The van der Waals surface area contributed by atoms with E-state index < -0.39 is 21.9 Å². The van der Waals surface area contributed by atoms with E-state index >= 15 is 0 Å². The standard InChI is InChI=1S/C14H21FN2O3S/c1-4-10(2)16-14(18)9-13(17-21(3,19)20)11-5-7-12(15)8-6-11/h5-8,10,13,17H,4,9H2,1-3H3,(H,16,18)/t10-,13-/m1/s1. The van der Waals surface area contributed by atoms with Crippen LogP contribution in [0.2, 0.25) is 0 Å². The van der Waals surface area contributed by atoms with Crippen LogP contribution in [0.4, 0.5) is 4.39 Å². The molecule has 0 aliphatic carbocycles. The molecular weight excluding hydrogens is 295 g/mol. The van der Waals surface area contributed by atoms with Crippen LogP contribution < -0.4 is 10.0 Å². The number of hydrogen-bond acceptors (Lipinski definition) is 3. The van der Waals surface area contributed by atoms with E-state index in [0.717, 1.165) is 12.7 Å². The SMILES string of the molecule is CC[C@@H](C)NC(=O)C[C@@H](NS(C)(=O)=O)c1ccc(F)cc1. The van der Waals surface area contributed by atoms with Gasteiger partial charge in [0.1, 0.15) is 5.82 Å². The molecule has 0 bridgehead atoms. The zero-order chi connectivity index (χ0) is 16.0. The van der Waals surface area contributed by atoms with Gasteiger partial charge < -0.3 is 5.32 Å². The van der Waals surface area contributed by atoms with Crippen LogP contribution in [0.15, 0.2) is 24.3 Å². The molecule has 7 heteroatoms. The molecule has 1 amide bonds. The summed E-state index contributed by atoms with van der Waals surface area (Å²) in [5, 5.41) is 2.78. The van der Waals surface area contributed by atoms with Crippen LogP contribution >= 0.6 is 0 Å². The lowest BCUT2D eigenvalue weighted by molar-refractivity contribution is -0.122.